The molecule has 0 unspecified atom stereocenters. The van der Waals surface area contributed by atoms with Crippen LogP contribution in [0.25, 0.3) is 0 Å². The molecule has 104 valence electrons. The summed E-state index contributed by atoms with van der Waals surface area (Å²) in [6.45, 7) is 2.30. The molecule has 0 saturated heterocycles. The predicted molar refractivity (Wildman–Crippen MR) is 86.4 cm³/mol. The van der Waals surface area contributed by atoms with E-state index in [0.717, 1.165) is 11.4 Å². The van der Waals surface area contributed by atoms with Crippen LogP contribution in [0.5, 0.6) is 0 Å². The molecule has 1 amide bonds. The summed E-state index contributed by atoms with van der Waals surface area (Å²) in [5.74, 6) is -0.0625. The van der Waals surface area contributed by atoms with Crippen LogP contribution in [-0.2, 0) is 0 Å². The van der Waals surface area contributed by atoms with Crippen molar-refractivity contribution in [1.82, 2.24) is 4.98 Å². The number of benzene rings is 1. The summed E-state index contributed by atoms with van der Waals surface area (Å²) in [5, 5.41) is 0. The molecule has 0 saturated carbocycles. The molecule has 2 aromatic rings. The van der Waals surface area contributed by atoms with Gasteiger partial charge in [-0.1, -0.05) is 30.4 Å². The fraction of sp³-hybridized carbons (Fsp3) is 0.214. The number of carbonyl (C=O) groups is 1. The molecule has 0 fully saturated rings. The number of para-hydroxylation sites is 1. The number of amides is 1. The fourth-order valence-electron chi connectivity index (χ4n) is 1.81. The van der Waals surface area contributed by atoms with Crippen molar-refractivity contribution in [1.29, 1.82) is 0 Å². The summed E-state index contributed by atoms with van der Waals surface area (Å²) in [6.07, 6.45) is 0.494. The summed E-state index contributed by atoms with van der Waals surface area (Å²) in [7, 11) is 0. The van der Waals surface area contributed by atoms with Gasteiger partial charge in [-0.2, -0.15) is 0 Å². The maximum atomic E-state index is 12.7. The summed E-state index contributed by atoms with van der Waals surface area (Å²) in [6, 6.07) is 9.51. The molecule has 1 aromatic heterocycles. The Morgan fingerprint density at radius 1 is 1.40 bits per heavy atom. The van der Waals surface area contributed by atoms with Gasteiger partial charge < -0.3 is 10.6 Å². The van der Waals surface area contributed by atoms with Gasteiger partial charge in [0.2, 0.25) is 0 Å². The zero-order valence-corrected chi connectivity index (χ0v) is 12.7. The molecule has 1 aromatic carbocycles. The number of thiazole rings is 1. The first kappa shape index (κ1) is 14.6. The van der Waals surface area contributed by atoms with Gasteiger partial charge in [-0.3, -0.25) is 4.79 Å². The summed E-state index contributed by atoms with van der Waals surface area (Å²) in [5.41, 5.74) is 8.81. The van der Waals surface area contributed by atoms with Gasteiger partial charge in [0.1, 0.15) is 4.88 Å². The number of hydrogen-bond donors (Lipinski definition) is 1. The van der Waals surface area contributed by atoms with Crippen LogP contribution in [0.3, 0.4) is 0 Å². The Kier molecular flexibility index (Phi) is 4.81. The third-order valence-electron chi connectivity index (χ3n) is 2.83. The van der Waals surface area contributed by atoms with Gasteiger partial charge in [0.15, 0.2) is 0 Å². The van der Waals surface area contributed by atoms with E-state index in [2.05, 4.69) is 4.98 Å². The lowest BCUT2D eigenvalue weighted by Crippen LogP contribution is -2.33. The normalized spacial score (nSPS) is 10.2. The van der Waals surface area contributed by atoms with Crippen molar-refractivity contribution in [3.63, 3.8) is 0 Å². The molecule has 0 spiro atoms. The van der Waals surface area contributed by atoms with Crippen LogP contribution in [0.1, 0.15) is 21.8 Å². The number of hydrogen-bond acceptors (Lipinski definition) is 4. The second-order valence-corrected chi connectivity index (χ2v) is 5.65. The van der Waals surface area contributed by atoms with E-state index in [4.69, 9.17) is 18.0 Å². The number of nitrogens with two attached hydrogens (primary N) is 1. The molecule has 0 radical (unpaired) electrons. The van der Waals surface area contributed by atoms with Gasteiger partial charge in [0.05, 0.1) is 16.2 Å². The molecule has 0 bridgehead atoms. The van der Waals surface area contributed by atoms with Crippen LogP contribution in [0.2, 0.25) is 0 Å². The van der Waals surface area contributed by atoms with Gasteiger partial charge >= 0.3 is 0 Å². The van der Waals surface area contributed by atoms with Crippen molar-refractivity contribution < 1.29 is 4.79 Å². The number of thiocarbonyl (C=S) groups is 1. The molecule has 1 heterocycles. The first-order chi connectivity index (χ1) is 9.59. The highest BCUT2D eigenvalue weighted by atomic mass is 32.1. The number of nitrogens with zero attached hydrogens (tertiary/aromatic N) is 2. The lowest BCUT2D eigenvalue weighted by Gasteiger charge is -2.22. The Bertz CT molecular complexity index is 610. The van der Waals surface area contributed by atoms with Crippen LogP contribution >= 0.6 is 23.6 Å². The molecular weight excluding hydrogens is 290 g/mol. The zero-order chi connectivity index (χ0) is 14.5. The van der Waals surface area contributed by atoms with Crippen LogP contribution in [-0.4, -0.2) is 22.4 Å². The van der Waals surface area contributed by atoms with Crippen molar-refractivity contribution in [2.45, 2.75) is 13.3 Å². The SMILES string of the molecule is Cc1ncsc1C(=O)N(CCC(N)=S)c1ccccc1. The Morgan fingerprint density at radius 3 is 2.65 bits per heavy atom. The molecule has 6 heteroatoms. The summed E-state index contributed by atoms with van der Waals surface area (Å²) < 4.78 is 0. The van der Waals surface area contributed by atoms with Crippen molar-refractivity contribution in [3.05, 3.63) is 46.4 Å². The van der Waals surface area contributed by atoms with Crippen molar-refractivity contribution in [2.24, 2.45) is 5.73 Å². The van der Waals surface area contributed by atoms with Crippen molar-refractivity contribution in [3.8, 4) is 0 Å². The Labute approximate surface area is 127 Å². The first-order valence-electron chi connectivity index (χ1n) is 6.15. The average Bonchev–Trinajstić information content (AvgIpc) is 2.86. The molecule has 20 heavy (non-hydrogen) atoms. The fourth-order valence-corrected chi connectivity index (χ4v) is 2.65. The highest BCUT2D eigenvalue weighted by Crippen LogP contribution is 2.21. The third kappa shape index (κ3) is 3.40. The second kappa shape index (κ2) is 6.58. The number of anilines is 1. The van der Waals surface area contributed by atoms with Gasteiger partial charge in [0, 0.05) is 18.7 Å². The highest BCUT2D eigenvalue weighted by molar-refractivity contribution is 7.80. The first-order valence-corrected chi connectivity index (χ1v) is 7.43. The van der Waals surface area contributed by atoms with Crippen LogP contribution in [0, 0.1) is 6.92 Å². The van der Waals surface area contributed by atoms with Crippen molar-refractivity contribution >= 4 is 40.1 Å². The molecule has 0 atom stereocenters. The molecule has 4 nitrogen and oxygen atoms in total. The summed E-state index contributed by atoms with van der Waals surface area (Å²) >= 11 is 6.25. The zero-order valence-electron chi connectivity index (χ0n) is 11.1. The van der Waals surface area contributed by atoms with Gasteiger partial charge in [0.25, 0.3) is 5.91 Å². The maximum Gasteiger partial charge on any atom is 0.270 e. The minimum atomic E-state index is -0.0625. The minimum absolute atomic E-state index is 0.0625. The average molecular weight is 305 g/mol. The maximum absolute atomic E-state index is 12.7. The van der Waals surface area contributed by atoms with E-state index in [1.165, 1.54) is 11.3 Å². The van der Waals surface area contributed by atoms with Gasteiger partial charge in [-0.25, -0.2) is 4.98 Å². The van der Waals surface area contributed by atoms with Crippen LogP contribution in [0.4, 0.5) is 5.69 Å². The number of carbonyl (C=O) groups excluding carboxylic acids is 1. The molecule has 2 N–H and O–H groups in total. The Morgan fingerprint density at radius 2 is 2.10 bits per heavy atom. The standard InChI is InChI=1S/C14H15N3OS2/c1-10-13(20-9-16-10)14(18)17(8-7-12(15)19)11-5-3-2-4-6-11/h2-6,9H,7-8H2,1H3,(H2,15,19). The van der Waals surface area contributed by atoms with Gasteiger partial charge in [-0.05, 0) is 19.1 Å². The van der Waals surface area contributed by atoms with E-state index < -0.39 is 0 Å². The lowest BCUT2D eigenvalue weighted by atomic mass is 10.2. The number of aryl methyl sites for hydroxylation is 1. The lowest BCUT2D eigenvalue weighted by molar-refractivity contribution is 0.0991. The summed E-state index contributed by atoms with van der Waals surface area (Å²) in [4.78, 5) is 19.5. The van der Waals surface area contributed by atoms with E-state index in [-0.39, 0.29) is 5.91 Å². The molecule has 0 aliphatic heterocycles. The van der Waals surface area contributed by atoms with E-state index in [1.54, 1.807) is 10.4 Å². The third-order valence-corrected chi connectivity index (χ3v) is 3.96. The second-order valence-electron chi connectivity index (χ2n) is 4.28. The number of rotatable bonds is 5. The van der Waals surface area contributed by atoms with Crippen LogP contribution < -0.4 is 10.6 Å². The topological polar surface area (TPSA) is 59.2 Å². The van der Waals surface area contributed by atoms with E-state index in [1.807, 2.05) is 37.3 Å². The quantitative estimate of drug-likeness (QED) is 0.863. The van der Waals surface area contributed by atoms with E-state index in [9.17, 15) is 4.79 Å². The van der Waals surface area contributed by atoms with Crippen LogP contribution in [0.15, 0.2) is 35.8 Å². The Balaban J connectivity index is 2.29. The Hall–Kier alpha value is -1.79. The van der Waals surface area contributed by atoms with E-state index in [0.29, 0.717) is 22.8 Å². The smallest absolute Gasteiger partial charge is 0.270 e. The largest absolute Gasteiger partial charge is 0.393 e. The monoisotopic (exact) mass is 305 g/mol. The minimum Gasteiger partial charge on any atom is -0.393 e. The highest BCUT2D eigenvalue weighted by Gasteiger charge is 2.21. The van der Waals surface area contributed by atoms with Gasteiger partial charge in [-0.15, -0.1) is 11.3 Å². The molecule has 2 rings (SSSR count). The molecule has 0 aliphatic rings. The molecular formula is C14H15N3OS2. The molecule has 0 aliphatic carbocycles. The predicted octanol–water partition coefficient (Wildman–Crippen LogP) is 2.77. The van der Waals surface area contributed by atoms with Crippen molar-refractivity contribution in [2.75, 3.05) is 11.4 Å². The number of aromatic nitrogens is 1. The van der Waals surface area contributed by atoms with E-state index >= 15 is 0 Å².